The van der Waals surface area contributed by atoms with Crippen molar-refractivity contribution in [2.45, 2.75) is 39.5 Å². The highest BCUT2D eigenvalue weighted by Crippen LogP contribution is 2.06. The Balaban J connectivity index is 1.82. The topological polar surface area (TPSA) is 31.2 Å². The number of hydrogen-bond donors (Lipinski definition) is 0. The molecule has 0 aliphatic carbocycles. The van der Waals surface area contributed by atoms with Crippen LogP contribution in [0.4, 0.5) is 0 Å². The van der Waals surface area contributed by atoms with Crippen molar-refractivity contribution in [2.24, 2.45) is 0 Å². The third kappa shape index (κ3) is 4.07. The quantitative estimate of drug-likeness (QED) is 0.808. The van der Waals surface area contributed by atoms with Gasteiger partial charge in [0.2, 0.25) is 0 Å². The third-order valence-corrected chi connectivity index (χ3v) is 3.36. The fourth-order valence-electron chi connectivity index (χ4n) is 2.05. The van der Waals surface area contributed by atoms with E-state index in [9.17, 15) is 4.79 Å². The highest BCUT2D eigenvalue weighted by atomic mass is 16.5. The number of aromatic nitrogens is 1. The fourth-order valence-corrected chi connectivity index (χ4v) is 2.05. The van der Waals surface area contributed by atoms with Crippen LogP contribution in [0.1, 0.15) is 24.5 Å². The molecule has 1 heterocycles. The van der Waals surface area contributed by atoms with Crippen LogP contribution in [0.2, 0.25) is 0 Å². The molecule has 0 N–H and O–H groups in total. The summed E-state index contributed by atoms with van der Waals surface area (Å²) in [5.41, 5.74) is 2.04. The lowest BCUT2D eigenvalue weighted by molar-refractivity contribution is 0.0446. The molecule has 0 aliphatic rings. The summed E-state index contributed by atoms with van der Waals surface area (Å²) in [7, 11) is 0. The van der Waals surface area contributed by atoms with Crippen LogP contribution in [0.3, 0.4) is 0 Å². The summed E-state index contributed by atoms with van der Waals surface area (Å²) in [4.78, 5) is 11.9. The molecule has 1 aromatic carbocycles. The van der Waals surface area contributed by atoms with E-state index in [1.54, 1.807) is 4.57 Å². The first-order chi connectivity index (χ1) is 9.66. The minimum Gasteiger partial charge on any atom is -0.374 e. The standard InChI is InChI=1S/C17H21NO2/c1-14-7-6-11-18(17(14)19)12-10-15(2)20-13-16-8-4-3-5-9-16/h3-9,11,15H,10,12-13H2,1-2H3. The summed E-state index contributed by atoms with van der Waals surface area (Å²) in [6, 6.07) is 13.9. The van der Waals surface area contributed by atoms with Crippen molar-refractivity contribution >= 4 is 0 Å². The molecule has 1 atom stereocenters. The van der Waals surface area contributed by atoms with Crippen molar-refractivity contribution in [1.82, 2.24) is 4.57 Å². The minimum absolute atomic E-state index is 0.0859. The number of benzene rings is 1. The van der Waals surface area contributed by atoms with E-state index < -0.39 is 0 Å². The highest BCUT2D eigenvalue weighted by molar-refractivity contribution is 5.13. The SMILES string of the molecule is Cc1cccn(CCC(C)OCc2ccccc2)c1=O. The Kier molecular flexibility index (Phi) is 5.13. The Morgan fingerprint density at radius 2 is 1.90 bits per heavy atom. The van der Waals surface area contributed by atoms with Gasteiger partial charge in [0.25, 0.3) is 5.56 Å². The first-order valence-electron chi connectivity index (χ1n) is 6.98. The smallest absolute Gasteiger partial charge is 0.253 e. The average molecular weight is 271 g/mol. The van der Waals surface area contributed by atoms with Gasteiger partial charge in [-0.15, -0.1) is 0 Å². The molecule has 3 nitrogen and oxygen atoms in total. The monoisotopic (exact) mass is 271 g/mol. The number of pyridine rings is 1. The lowest BCUT2D eigenvalue weighted by Gasteiger charge is -2.14. The summed E-state index contributed by atoms with van der Waals surface area (Å²) in [6.45, 7) is 5.19. The predicted octanol–water partition coefficient (Wildman–Crippen LogP) is 3.15. The molecule has 0 amide bonds. The Morgan fingerprint density at radius 1 is 1.15 bits per heavy atom. The molecule has 0 aliphatic heterocycles. The van der Waals surface area contributed by atoms with Crippen LogP contribution in [0.15, 0.2) is 53.5 Å². The lowest BCUT2D eigenvalue weighted by atomic mass is 10.2. The largest absolute Gasteiger partial charge is 0.374 e. The second kappa shape index (κ2) is 7.06. The minimum atomic E-state index is 0.0859. The first kappa shape index (κ1) is 14.5. The van der Waals surface area contributed by atoms with Crippen molar-refractivity contribution in [3.05, 3.63) is 70.1 Å². The van der Waals surface area contributed by atoms with Gasteiger partial charge >= 0.3 is 0 Å². The van der Waals surface area contributed by atoms with Crippen LogP contribution in [0.25, 0.3) is 0 Å². The Bertz CT molecular complexity index is 589. The van der Waals surface area contributed by atoms with E-state index in [1.807, 2.05) is 50.4 Å². The van der Waals surface area contributed by atoms with Gasteiger partial charge in [0.1, 0.15) is 0 Å². The number of rotatable bonds is 6. The Hall–Kier alpha value is -1.87. The van der Waals surface area contributed by atoms with E-state index in [0.29, 0.717) is 13.2 Å². The van der Waals surface area contributed by atoms with Crippen LogP contribution >= 0.6 is 0 Å². The number of ether oxygens (including phenoxy) is 1. The van der Waals surface area contributed by atoms with Crippen LogP contribution in [0, 0.1) is 6.92 Å². The molecule has 1 unspecified atom stereocenters. The summed E-state index contributed by atoms with van der Waals surface area (Å²) in [6.07, 6.45) is 2.79. The van der Waals surface area contributed by atoms with E-state index in [1.165, 1.54) is 5.56 Å². The first-order valence-corrected chi connectivity index (χ1v) is 6.98. The zero-order valence-corrected chi connectivity index (χ0v) is 12.1. The van der Waals surface area contributed by atoms with Gasteiger partial charge in [-0.05, 0) is 31.9 Å². The van der Waals surface area contributed by atoms with Crippen molar-refractivity contribution < 1.29 is 4.74 Å². The maximum Gasteiger partial charge on any atom is 0.253 e. The Labute approximate surface area is 119 Å². The van der Waals surface area contributed by atoms with Gasteiger partial charge in [0.15, 0.2) is 0 Å². The molecule has 0 bridgehead atoms. The molecule has 0 fully saturated rings. The number of aryl methyl sites for hydroxylation is 2. The second-order valence-electron chi connectivity index (χ2n) is 5.09. The Morgan fingerprint density at radius 3 is 2.65 bits per heavy atom. The van der Waals surface area contributed by atoms with Gasteiger partial charge in [0, 0.05) is 18.3 Å². The van der Waals surface area contributed by atoms with Gasteiger partial charge in [0.05, 0.1) is 12.7 Å². The molecule has 0 saturated carbocycles. The molecule has 0 saturated heterocycles. The van der Waals surface area contributed by atoms with Gasteiger partial charge < -0.3 is 9.30 Å². The maximum absolute atomic E-state index is 11.9. The normalized spacial score (nSPS) is 12.3. The molecule has 2 aromatic rings. The zero-order chi connectivity index (χ0) is 14.4. The molecule has 2 rings (SSSR count). The molecule has 20 heavy (non-hydrogen) atoms. The van der Waals surface area contributed by atoms with Crippen molar-refractivity contribution in [3.8, 4) is 0 Å². The van der Waals surface area contributed by atoms with E-state index in [-0.39, 0.29) is 11.7 Å². The van der Waals surface area contributed by atoms with Crippen molar-refractivity contribution in [1.29, 1.82) is 0 Å². The molecule has 3 heteroatoms. The van der Waals surface area contributed by atoms with Crippen LogP contribution in [0.5, 0.6) is 0 Å². The van der Waals surface area contributed by atoms with Crippen LogP contribution in [-0.4, -0.2) is 10.7 Å². The molecule has 0 radical (unpaired) electrons. The molecular weight excluding hydrogens is 250 g/mol. The molecule has 106 valence electrons. The van der Waals surface area contributed by atoms with Crippen molar-refractivity contribution in [3.63, 3.8) is 0 Å². The zero-order valence-electron chi connectivity index (χ0n) is 12.1. The van der Waals surface area contributed by atoms with E-state index in [2.05, 4.69) is 12.1 Å². The van der Waals surface area contributed by atoms with Crippen LogP contribution in [-0.2, 0) is 17.9 Å². The molecular formula is C17H21NO2. The molecule has 1 aromatic heterocycles. The summed E-state index contributed by atoms with van der Waals surface area (Å²) in [5.74, 6) is 0. The van der Waals surface area contributed by atoms with E-state index >= 15 is 0 Å². The summed E-state index contributed by atoms with van der Waals surface area (Å²) < 4.78 is 7.55. The summed E-state index contributed by atoms with van der Waals surface area (Å²) in [5, 5.41) is 0. The summed E-state index contributed by atoms with van der Waals surface area (Å²) >= 11 is 0. The molecule has 0 spiro atoms. The number of hydrogen-bond acceptors (Lipinski definition) is 2. The average Bonchev–Trinajstić information content (AvgIpc) is 2.48. The fraction of sp³-hybridized carbons (Fsp3) is 0.353. The highest BCUT2D eigenvalue weighted by Gasteiger charge is 2.05. The third-order valence-electron chi connectivity index (χ3n) is 3.36. The van der Waals surface area contributed by atoms with E-state index in [4.69, 9.17) is 4.74 Å². The van der Waals surface area contributed by atoms with Crippen LogP contribution < -0.4 is 5.56 Å². The predicted molar refractivity (Wildman–Crippen MR) is 80.7 cm³/mol. The lowest BCUT2D eigenvalue weighted by Crippen LogP contribution is -2.23. The van der Waals surface area contributed by atoms with E-state index in [0.717, 1.165) is 12.0 Å². The van der Waals surface area contributed by atoms with Crippen molar-refractivity contribution in [2.75, 3.05) is 0 Å². The maximum atomic E-state index is 11.9. The second-order valence-corrected chi connectivity index (χ2v) is 5.09. The number of nitrogens with zero attached hydrogens (tertiary/aromatic N) is 1. The van der Waals surface area contributed by atoms with Gasteiger partial charge in [-0.2, -0.15) is 0 Å². The van der Waals surface area contributed by atoms with Gasteiger partial charge in [-0.1, -0.05) is 36.4 Å². The van der Waals surface area contributed by atoms with Gasteiger partial charge in [-0.3, -0.25) is 4.79 Å². The van der Waals surface area contributed by atoms with Gasteiger partial charge in [-0.25, -0.2) is 0 Å².